The van der Waals surface area contributed by atoms with E-state index in [1.54, 1.807) is 36.0 Å². The van der Waals surface area contributed by atoms with E-state index in [1.165, 1.54) is 0 Å². The van der Waals surface area contributed by atoms with E-state index in [2.05, 4.69) is 24.1 Å². The number of amides is 2. The SMILES string of the molecule is CC(=O)N(C)[C@H]1CCN(C(=O)c2cnc3c(c2)OCC(C)(C)CN3)C1. The quantitative estimate of drug-likeness (QED) is 0.880. The number of aromatic nitrogens is 1. The molecule has 136 valence electrons. The fourth-order valence-corrected chi connectivity index (χ4v) is 3.13. The molecule has 1 atom stereocenters. The molecule has 7 nitrogen and oxygen atoms in total. The van der Waals surface area contributed by atoms with Crippen LogP contribution in [0.2, 0.25) is 0 Å². The van der Waals surface area contributed by atoms with E-state index < -0.39 is 0 Å². The van der Waals surface area contributed by atoms with E-state index in [0.717, 1.165) is 13.0 Å². The van der Waals surface area contributed by atoms with Crippen molar-refractivity contribution in [1.29, 1.82) is 0 Å². The van der Waals surface area contributed by atoms with Crippen LogP contribution >= 0.6 is 0 Å². The van der Waals surface area contributed by atoms with Gasteiger partial charge in [0, 0.05) is 45.2 Å². The lowest BCUT2D eigenvalue weighted by Crippen LogP contribution is -2.38. The van der Waals surface area contributed by atoms with Crippen molar-refractivity contribution in [2.24, 2.45) is 5.41 Å². The Balaban J connectivity index is 1.72. The zero-order valence-corrected chi connectivity index (χ0v) is 15.3. The summed E-state index contributed by atoms with van der Waals surface area (Å²) >= 11 is 0. The number of carbonyl (C=O) groups excluding carboxylic acids is 2. The monoisotopic (exact) mass is 346 g/mol. The zero-order chi connectivity index (χ0) is 18.2. The van der Waals surface area contributed by atoms with Crippen LogP contribution in [0.5, 0.6) is 5.75 Å². The predicted octanol–water partition coefficient (Wildman–Crippen LogP) is 1.60. The molecule has 1 aromatic heterocycles. The van der Waals surface area contributed by atoms with Gasteiger partial charge in [-0.1, -0.05) is 13.8 Å². The van der Waals surface area contributed by atoms with Crippen molar-refractivity contribution in [2.45, 2.75) is 33.2 Å². The molecule has 2 aliphatic rings. The average molecular weight is 346 g/mol. The molecular formula is C18H26N4O3. The first-order chi connectivity index (χ1) is 11.8. The number of likely N-dealkylation sites (N-methyl/N-ethyl adjacent to an activating group) is 1. The largest absolute Gasteiger partial charge is 0.489 e. The lowest BCUT2D eigenvalue weighted by molar-refractivity contribution is -0.129. The summed E-state index contributed by atoms with van der Waals surface area (Å²) in [7, 11) is 1.78. The van der Waals surface area contributed by atoms with Crippen molar-refractivity contribution in [2.75, 3.05) is 38.6 Å². The highest BCUT2D eigenvalue weighted by Gasteiger charge is 2.31. The number of ether oxygens (including phenoxy) is 1. The molecule has 0 spiro atoms. The van der Waals surface area contributed by atoms with Crippen LogP contribution in [-0.4, -0.2) is 65.9 Å². The molecule has 1 saturated heterocycles. The first-order valence-corrected chi connectivity index (χ1v) is 8.66. The van der Waals surface area contributed by atoms with Crippen molar-refractivity contribution in [1.82, 2.24) is 14.8 Å². The lowest BCUT2D eigenvalue weighted by Gasteiger charge is -2.23. The van der Waals surface area contributed by atoms with Gasteiger partial charge in [0.25, 0.3) is 5.91 Å². The highest BCUT2D eigenvalue weighted by Crippen LogP contribution is 2.31. The molecule has 1 N–H and O–H groups in total. The van der Waals surface area contributed by atoms with Gasteiger partial charge in [-0.25, -0.2) is 4.98 Å². The number of nitrogens with one attached hydrogen (secondary N) is 1. The summed E-state index contributed by atoms with van der Waals surface area (Å²) in [6, 6.07) is 1.84. The molecule has 0 bridgehead atoms. The van der Waals surface area contributed by atoms with E-state index in [-0.39, 0.29) is 23.3 Å². The van der Waals surface area contributed by atoms with Crippen LogP contribution in [0.3, 0.4) is 0 Å². The minimum absolute atomic E-state index is 0.00429. The molecule has 3 rings (SSSR count). The summed E-state index contributed by atoms with van der Waals surface area (Å²) in [6.45, 7) is 8.32. The number of carbonyl (C=O) groups is 2. The van der Waals surface area contributed by atoms with Crippen LogP contribution in [0.4, 0.5) is 5.82 Å². The molecule has 2 amide bonds. The third-order valence-electron chi connectivity index (χ3n) is 4.95. The fourth-order valence-electron chi connectivity index (χ4n) is 3.13. The Kier molecular flexibility index (Phi) is 4.58. The highest BCUT2D eigenvalue weighted by molar-refractivity contribution is 5.95. The minimum atomic E-state index is -0.0677. The van der Waals surface area contributed by atoms with Crippen molar-refractivity contribution < 1.29 is 14.3 Å². The molecule has 1 aromatic rings. The summed E-state index contributed by atoms with van der Waals surface area (Å²) in [6.07, 6.45) is 2.39. The second-order valence-electron chi connectivity index (χ2n) is 7.70. The second-order valence-corrected chi connectivity index (χ2v) is 7.70. The third-order valence-corrected chi connectivity index (χ3v) is 4.95. The van der Waals surface area contributed by atoms with Gasteiger partial charge in [-0.2, -0.15) is 0 Å². The van der Waals surface area contributed by atoms with Crippen LogP contribution in [0.15, 0.2) is 12.3 Å². The Morgan fingerprint density at radius 3 is 2.92 bits per heavy atom. The van der Waals surface area contributed by atoms with E-state index in [9.17, 15) is 9.59 Å². The second kappa shape index (κ2) is 6.54. The van der Waals surface area contributed by atoms with Gasteiger partial charge < -0.3 is 19.9 Å². The van der Waals surface area contributed by atoms with E-state index in [1.807, 2.05) is 0 Å². The van der Waals surface area contributed by atoms with Gasteiger partial charge in [0.05, 0.1) is 18.2 Å². The molecule has 0 saturated carbocycles. The van der Waals surface area contributed by atoms with Crippen molar-refractivity contribution in [3.8, 4) is 5.75 Å². The van der Waals surface area contributed by atoms with Crippen LogP contribution in [0.25, 0.3) is 0 Å². The Bertz CT molecular complexity index is 689. The highest BCUT2D eigenvalue weighted by atomic mass is 16.5. The number of likely N-dealkylation sites (tertiary alicyclic amines) is 1. The summed E-state index contributed by atoms with van der Waals surface area (Å²) in [5.74, 6) is 1.25. The van der Waals surface area contributed by atoms with Gasteiger partial charge in [0.1, 0.15) is 0 Å². The molecule has 1 fully saturated rings. The van der Waals surface area contributed by atoms with Crippen molar-refractivity contribution in [3.05, 3.63) is 17.8 Å². The number of hydrogen-bond donors (Lipinski definition) is 1. The molecule has 2 aliphatic heterocycles. The minimum Gasteiger partial charge on any atom is -0.489 e. The third kappa shape index (κ3) is 3.70. The van der Waals surface area contributed by atoms with Gasteiger partial charge in [0.2, 0.25) is 5.91 Å². The first-order valence-electron chi connectivity index (χ1n) is 8.66. The molecule has 3 heterocycles. The smallest absolute Gasteiger partial charge is 0.255 e. The number of hydrogen-bond acceptors (Lipinski definition) is 5. The van der Waals surface area contributed by atoms with Crippen LogP contribution in [0, 0.1) is 5.41 Å². The average Bonchev–Trinajstić information content (AvgIpc) is 3.01. The maximum Gasteiger partial charge on any atom is 0.255 e. The molecule has 0 aliphatic carbocycles. The normalized spacial score (nSPS) is 21.6. The predicted molar refractivity (Wildman–Crippen MR) is 94.8 cm³/mol. The van der Waals surface area contributed by atoms with E-state index in [0.29, 0.717) is 36.8 Å². The van der Waals surface area contributed by atoms with E-state index in [4.69, 9.17) is 4.74 Å². The zero-order valence-electron chi connectivity index (χ0n) is 15.3. The number of nitrogens with zero attached hydrogens (tertiary/aromatic N) is 3. The van der Waals surface area contributed by atoms with Gasteiger partial charge in [-0.05, 0) is 12.5 Å². The van der Waals surface area contributed by atoms with Crippen molar-refractivity contribution in [3.63, 3.8) is 0 Å². The Morgan fingerprint density at radius 2 is 2.20 bits per heavy atom. The number of rotatable bonds is 2. The maximum atomic E-state index is 12.8. The number of anilines is 1. The Hall–Kier alpha value is -2.31. The number of pyridine rings is 1. The molecular weight excluding hydrogens is 320 g/mol. The Labute approximate surface area is 148 Å². The van der Waals surface area contributed by atoms with Crippen LogP contribution in [-0.2, 0) is 4.79 Å². The number of fused-ring (bicyclic) bond motifs is 1. The van der Waals surface area contributed by atoms with Crippen LogP contribution in [0.1, 0.15) is 37.6 Å². The topological polar surface area (TPSA) is 74.8 Å². The summed E-state index contributed by atoms with van der Waals surface area (Å²) in [5, 5.41) is 3.28. The summed E-state index contributed by atoms with van der Waals surface area (Å²) < 4.78 is 5.86. The molecule has 25 heavy (non-hydrogen) atoms. The molecule has 0 aromatic carbocycles. The summed E-state index contributed by atoms with van der Waals surface area (Å²) in [5.41, 5.74) is 0.524. The molecule has 7 heteroatoms. The van der Waals surface area contributed by atoms with Gasteiger partial charge in [0.15, 0.2) is 11.6 Å². The van der Waals surface area contributed by atoms with Gasteiger partial charge in [-0.15, -0.1) is 0 Å². The van der Waals surface area contributed by atoms with Crippen LogP contribution < -0.4 is 10.1 Å². The standard InChI is InChI=1S/C18H26N4O3/c1-12(23)21(4)14-5-6-22(9-14)17(24)13-7-15-16(19-8-13)20-10-18(2,3)11-25-15/h7-8,14H,5-6,9-11H2,1-4H3,(H,19,20)/t14-/m0/s1. The van der Waals surface area contributed by atoms with Gasteiger partial charge in [-0.3, -0.25) is 9.59 Å². The fraction of sp³-hybridized carbons (Fsp3) is 0.611. The van der Waals surface area contributed by atoms with E-state index >= 15 is 0 Å². The first kappa shape index (κ1) is 17.5. The lowest BCUT2D eigenvalue weighted by atomic mass is 9.95. The van der Waals surface area contributed by atoms with Gasteiger partial charge >= 0.3 is 0 Å². The van der Waals surface area contributed by atoms with Crippen molar-refractivity contribution >= 4 is 17.6 Å². The molecule has 0 unspecified atom stereocenters. The Morgan fingerprint density at radius 1 is 1.44 bits per heavy atom. The summed E-state index contributed by atoms with van der Waals surface area (Å²) in [4.78, 5) is 32.2. The molecule has 0 radical (unpaired) electrons. The maximum absolute atomic E-state index is 12.8.